The van der Waals surface area contributed by atoms with Crippen LogP contribution in [0.15, 0.2) is 0 Å². The van der Waals surface area contributed by atoms with Gasteiger partial charge < -0.3 is 5.11 Å². The average Bonchev–Trinajstić information content (AvgIpc) is 2.82. The van der Waals surface area contributed by atoms with Gasteiger partial charge in [-0.1, -0.05) is 0 Å². The van der Waals surface area contributed by atoms with Gasteiger partial charge in [0.25, 0.3) is 0 Å². The molecule has 3 atom stereocenters. The second-order valence-electron chi connectivity index (χ2n) is 6.57. The van der Waals surface area contributed by atoms with Crippen molar-refractivity contribution in [3.05, 3.63) is 0 Å². The first-order valence-corrected chi connectivity index (χ1v) is 7.33. The van der Waals surface area contributed by atoms with Crippen molar-refractivity contribution in [1.29, 1.82) is 0 Å². The van der Waals surface area contributed by atoms with Gasteiger partial charge in [-0.05, 0) is 51.0 Å². The fourth-order valence-electron chi connectivity index (χ4n) is 4.39. The monoisotopic (exact) mass is 259 g/mol. The predicted molar refractivity (Wildman–Crippen MR) is 65.7 cm³/mol. The van der Waals surface area contributed by atoms with E-state index < -0.39 is 11.5 Å². The van der Waals surface area contributed by atoms with E-state index >= 15 is 0 Å². The van der Waals surface area contributed by atoms with E-state index in [4.69, 9.17) is 0 Å². The van der Waals surface area contributed by atoms with Gasteiger partial charge in [0.05, 0.1) is 5.60 Å². The Morgan fingerprint density at radius 3 is 2.72 bits per heavy atom. The normalized spacial score (nSPS) is 44.2. The molecule has 1 saturated carbocycles. The van der Waals surface area contributed by atoms with Crippen LogP contribution in [0.1, 0.15) is 51.4 Å². The summed E-state index contributed by atoms with van der Waals surface area (Å²) >= 11 is 0. The Morgan fingerprint density at radius 2 is 1.94 bits per heavy atom. The predicted octanol–water partition coefficient (Wildman–Crippen LogP) is 2.80. The van der Waals surface area contributed by atoms with Crippen LogP contribution in [-0.2, 0) is 0 Å². The molecule has 0 bridgehead atoms. The minimum absolute atomic E-state index is 0.0119. The van der Waals surface area contributed by atoms with Crippen LogP contribution in [0.2, 0.25) is 0 Å². The molecule has 4 heteroatoms. The zero-order valence-corrected chi connectivity index (χ0v) is 10.9. The molecular formula is C14H23F2NO. The molecule has 3 rings (SSSR count). The maximum absolute atomic E-state index is 13.4. The van der Waals surface area contributed by atoms with E-state index in [9.17, 15) is 13.9 Å². The van der Waals surface area contributed by atoms with Crippen LogP contribution >= 0.6 is 0 Å². The van der Waals surface area contributed by atoms with Crippen LogP contribution in [-0.4, -0.2) is 40.7 Å². The molecular weight excluding hydrogens is 236 g/mol. The standard InChI is InChI=1S/C14H23F2NO/c15-14(16)5-1-3-11(10-14)9-13(18)6-8-17-7-2-4-12(13)17/h11-12,18H,1-10H2. The number of halogens is 2. The zero-order valence-electron chi connectivity index (χ0n) is 10.9. The Kier molecular flexibility index (Phi) is 3.14. The topological polar surface area (TPSA) is 23.5 Å². The van der Waals surface area contributed by atoms with Gasteiger partial charge in [-0.3, -0.25) is 4.90 Å². The van der Waals surface area contributed by atoms with E-state index in [-0.39, 0.29) is 24.8 Å². The summed E-state index contributed by atoms with van der Waals surface area (Å²) in [5, 5.41) is 10.8. The number of hydrogen-bond acceptors (Lipinski definition) is 2. The number of aliphatic hydroxyl groups is 1. The largest absolute Gasteiger partial charge is 0.388 e. The Hall–Kier alpha value is -0.220. The highest BCUT2D eigenvalue weighted by atomic mass is 19.3. The Bertz CT molecular complexity index is 323. The van der Waals surface area contributed by atoms with Crippen molar-refractivity contribution >= 4 is 0 Å². The third kappa shape index (κ3) is 2.29. The first-order chi connectivity index (χ1) is 8.49. The number of nitrogens with zero attached hydrogens (tertiary/aromatic N) is 1. The van der Waals surface area contributed by atoms with Gasteiger partial charge in [0, 0.05) is 25.4 Å². The lowest BCUT2D eigenvalue weighted by atomic mass is 9.76. The fourth-order valence-corrected chi connectivity index (χ4v) is 4.39. The van der Waals surface area contributed by atoms with Crippen LogP contribution < -0.4 is 0 Å². The summed E-state index contributed by atoms with van der Waals surface area (Å²) < 4.78 is 26.9. The molecule has 0 aromatic rings. The summed E-state index contributed by atoms with van der Waals surface area (Å²) in [6.45, 7) is 2.03. The van der Waals surface area contributed by atoms with E-state index in [0.717, 1.165) is 38.8 Å². The maximum Gasteiger partial charge on any atom is 0.248 e. The first kappa shape index (κ1) is 12.8. The van der Waals surface area contributed by atoms with E-state index in [0.29, 0.717) is 12.8 Å². The number of rotatable bonds is 2. The van der Waals surface area contributed by atoms with E-state index in [2.05, 4.69) is 4.90 Å². The van der Waals surface area contributed by atoms with Crippen LogP contribution in [0.5, 0.6) is 0 Å². The molecule has 2 nitrogen and oxygen atoms in total. The summed E-state index contributed by atoms with van der Waals surface area (Å²) in [6.07, 6.45) is 5.06. The quantitative estimate of drug-likeness (QED) is 0.824. The summed E-state index contributed by atoms with van der Waals surface area (Å²) in [5.41, 5.74) is -0.686. The van der Waals surface area contributed by atoms with Gasteiger partial charge in [-0.25, -0.2) is 8.78 Å². The van der Waals surface area contributed by atoms with E-state index in [1.165, 1.54) is 0 Å². The Balaban J connectivity index is 1.65. The first-order valence-electron chi connectivity index (χ1n) is 7.33. The lowest BCUT2D eigenvalue weighted by molar-refractivity contribution is -0.0754. The maximum atomic E-state index is 13.4. The van der Waals surface area contributed by atoms with E-state index in [1.54, 1.807) is 0 Å². The fraction of sp³-hybridized carbons (Fsp3) is 1.00. The SMILES string of the molecule is OC1(CC2CCCC(F)(F)C2)CCN2CCCC21. The van der Waals surface area contributed by atoms with Crippen molar-refractivity contribution in [2.75, 3.05) is 13.1 Å². The smallest absolute Gasteiger partial charge is 0.248 e. The van der Waals surface area contributed by atoms with Crippen molar-refractivity contribution < 1.29 is 13.9 Å². The Labute approximate surface area is 107 Å². The molecule has 0 amide bonds. The molecule has 3 fully saturated rings. The van der Waals surface area contributed by atoms with Crippen LogP contribution in [0.4, 0.5) is 8.78 Å². The number of fused-ring (bicyclic) bond motifs is 1. The zero-order chi connectivity index (χ0) is 12.8. The van der Waals surface area contributed by atoms with Gasteiger partial charge in [0.1, 0.15) is 0 Å². The highest BCUT2D eigenvalue weighted by Crippen LogP contribution is 2.45. The van der Waals surface area contributed by atoms with Gasteiger partial charge in [0.2, 0.25) is 5.92 Å². The van der Waals surface area contributed by atoms with Crippen LogP contribution in [0, 0.1) is 5.92 Å². The summed E-state index contributed by atoms with van der Waals surface area (Å²) in [7, 11) is 0. The van der Waals surface area contributed by atoms with Gasteiger partial charge >= 0.3 is 0 Å². The Morgan fingerprint density at radius 1 is 1.11 bits per heavy atom. The van der Waals surface area contributed by atoms with E-state index in [1.807, 2.05) is 0 Å². The second kappa shape index (κ2) is 4.41. The molecule has 0 aromatic carbocycles. The molecule has 2 heterocycles. The molecule has 0 radical (unpaired) electrons. The summed E-state index contributed by atoms with van der Waals surface area (Å²) in [4.78, 5) is 2.35. The van der Waals surface area contributed by atoms with Crippen molar-refractivity contribution in [2.24, 2.45) is 5.92 Å². The molecule has 3 unspecified atom stereocenters. The molecule has 1 N–H and O–H groups in total. The molecule has 104 valence electrons. The van der Waals surface area contributed by atoms with Crippen molar-refractivity contribution in [3.63, 3.8) is 0 Å². The van der Waals surface area contributed by atoms with Crippen molar-refractivity contribution in [2.45, 2.75) is 68.9 Å². The molecule has 0 spiro atoms. The summed E-state index contributed by atoms with van der Waals surface area (Å²) in [5.74, 6) is -2.48. The highest BCUT2D eigenvalue weighted by molar-refractivity contribution is 5.03. The van der Waals surface area contributed by atoms with Gasteiger partial charge in [-0.2, -0.15) is 0 Å². The van der Waals surface area contributed by atoms with Crippen LogP contribution in [0.25, 0.3) is 0 Å². The summed E-state index contributed by atoms with van der Waals surface area (Å²) in [6, 6.07) is 0.244. The third-order valence-corrected chi connectivity index (χ3v) is 5.20. The third-order valence-electron chi connectivity index (χ3n) is 5.20. The van der Waals surface area contributed by atoms with Crippen molar-refractivity contribution in [3.8, 4) is 0 Å². The highest BCUT2D eigenvalue weighted by Gasteiger charge is 2.50. The molecule has 2 aliphatic heterocycles. The number of alkyl halides is 2. The minimum atomic E-state index is -2.49. The molecule has 0 aromatic heterocycles. The molecule has 18 heavy (non-hydrogen) atoms. The van der Waals surface area contributed by atoms with Crippen LogP contribution in [0.3, 0.4) is 0 Å². The van der Waals surface area contributed by atoms with Crippen molar-refractivity contribution in [1.82, 2.24) is 4.90 Å². The van der Waals surface area contributed by atoms with Gasteiger partial charge in [-0.15, -0.1) is 0 Å². The average molecular weight is 259 g/mol. The van der Waals surface area contributed by atoms with Gasteiger partial charge in [0.15, 0.2) is 0 Å². The lowest BCUT2D eigenvalue weighted by Crippen LogP contribution is -2.43. The lowest BCUT2D eigenvalue weighted by Gasteiger charge is -2.36. The minimum Gasteiger partial charge on any atom is -0.388 e. The molecule has 1 aliphatic carbocycles. The molecule has 3 aliphatic rings. The second-order valence-corrected chi connectivity index (χ2v) is 6.57. The molecule has 2 saturated heterocycles. The number of hydrogen-bond donors (Lipinski definition) is 1.